The van der Waals surface area contributed by atoms with Crippen molar-refractivity contribution in [3.05, 3.63) is 0 Å². The van der Waals surface area contributed by atoms with E-state index >= 15 is 0 Å². The molecular weight excluding hydrogens is 218 g/mol. The minimum atomic E-state index is -0.484. The van der Waals surface area contributed by atoms with Gasteiger partial charge in [0.05, 0.1) is 6.04 Å². The molecule has 0 aromatic carbocycles. The summed E-state index contributed by atoms with van der Waals surface area (Å²) in [6.07, 6.45) is 0. The molecular formula is C12H25N3O2. The molecule has 0 heterocycles. The molecule has 0 saturated carbocycles. The van der Waals surface area contributed by atoms with Gasteiger partial charge in [-0.25, -0.2) is 0 Å². The average molecular weight is 243 g/mol. The second kappa shape index (κ2) is 7.27. The molecule has 0 aromatic rings. The van der Waals surface area contributed by atoms with E-state index in [2.05, 4.69) is 16.0 Å². The Morgan fingerprint density at radius 1 is 0.824 bits per heavy atom. The maximum atomic E-state index is 12.0. The van der Waals surface area contributed by atoms with E-state index in [4.69, 9.17) is 0 Å². The summed E-state index contributed by atoms with van der Waals surface area (Å²) in [5.41, 5.74) is 0. The van der Waals surface area contributed by atoms with Gasteiger partial charge >= 0.3 is 0 Å². The van der Waals surface area contributed by atoms with Gasteiger partial charge in [0.25, 0.3) is 0 Å². The van der Waals surface area contributed by atoms with E-state index in [1.165, 1.54) is 0 Å². The molecule has 0 saturated heterocycles. The van der Waals surface area contributed by atoms with Crippen LogP contribution in [-0.2, 0) is 9.59 Å². The molecule has 0 aliphatic rings. The van der Waals surface area contributed by atoms with Crippen molar-refractivity contribution in [1.29, 1.82) is 0 Å². The van der Waals surface area contributed by atoms with Gasteiger partial charge in [0.15, 0.2) is 0 Å². The van der Waals surface area contributed by atoms with Crippen molar-refractivity contribution in [2.24, 2.45) is 11.8 Å². The summed E-state index contributed by atoms with van der Waals surface area (Å²) in [6, 6.07) is -0.761. The maximum absolute atomic E-state index is 12.0. The van der Waals surface area contributed by atoms with Crippen LogP contribution in [0.5, 0.6) is 0 Å². The highest BCUT2D eigenvalue weighted by atomic mass is 16.2. The topological polar surface area (TPSA) is 70.2 Å². The van der Waals surface area contributed by atoms with Crippen LogP contribution in [0.25, 0.3) is 0 Å². The number of likely N-dealkylation sites (N-methyl/N-ethyl adjacent to an activating group) is 2. The van der Waals surface area contributed by atoms with Crippen LogP contribution < -0.4 is 16.0 Å². The molecule has 0 aromatic heterocycles. The van der Waals surface area contributed by atoms with Crippen molar-refractivity contribution >= 4 is 11.8 Å². The normalized spacial score (nSPS) is 14.6. The van der Waals surface area contributed by atoms with Crippen LogP contribution in [0.1, 0.15) is 27.7 Å². The van der Waals surface area contributed by atoms with Crippen molar-refractivity contribution in [2.75, 3.05) is 14.1 Å². The number of carbonyl (C=O) groups excluding carboxylic acids is 2. The Bertz CT molecular complexity index is 264. The Labute approximate surface area is 104 Å². The van der Waals surface area contributed by atoms with Gasteiger partial charge in [0, 0.05) is 7.05 Å². The van der Waals surface area contributed by atoms with E-state index in [0.29, 0.717) is 0 Å². The van der Waals surface area contributed by atoms with E-state index in [9.17, 15) is 9.59 Å². The van der Waals surface area contributed by atoms with Crippen molar-refractivity contribution in [2.45, 2.75) is 39.8 Å². The van der Waals surface area contributed by atoms with Gasteiger partial charge in [-0.05, 0) is 18.9 Å². The van der Waals surface area contributed by atoms with Crippen LogP contribution >= 0.6 is 0 Å². The number of carbonyl (C=O) groups is 2. The van der Waals surface area contributed by atoms with E-state index in [1.807, 2.05) is 27.7 Å². The first kappa shape index (κ1) is 15.9. The predicted octanol–water partition coefficient (Wildman–Crippen LogP) is 0.117. The van der Waals surface area contributed by atoms with Crippen LogP contribution in [-0.4, -0.2) is 38.0 Å². The molecule has 17 heavy (non-hydrogen) atoms. The summed E-state index contributed by atoms with van der Waals surface area (Å²) in [5.74, 6) is -0.0576. The van der Waals surface area contributed by atoms with Gasteiger partial charge in [0.1, 0.15) is 6.04 Å². The van der Waals surface area contributed by atoms with E-state index < -0.39 is 6.04 Å². The van der Waals surface area contributed by atoms with Crippen LogP contribution in [0.2, 0.25) is 0 Å². The Hall–Kier alpha value is -1.10. The zero-order valence-electron chi connectivity index (χ0n) is 11.6. The Balaban J connectivity index is 4.65. The van der Waals surface area contributed by atoms with Crippen LogP contribution in [0.15, 0.2) is 0 Å². The van der Waals surface area contributed by atoms with Crippen LogP contribution in [0, 0.1) is 11.8 Å². The lowest BCUT2D eigenvalue weighted by Crippen LogP contribution is -2.55. The summed E-state index contributed by atoms with van der Waals surface area (Å²) in [6.45, 7) is 7.74. The summed E-state index contributed by atoms with van der Waals surface area (Å²) in [5, 5.41) is 8.31. The fraction of sp³-hybridized carbons (Fsp3) is 0.833. The third-order valence-corrected chi connectivity index (χ3v) is 2.75. The van der Waals surface area contributed by atoms with Gasteiger partial charge in [-0.1, -0.05) is 27.7 Å². The quantitative estimate of drug-likeness (QED) is 0.620. The summed E-state index contributed by atoms with van der Waals surface area (Å²) >= 11 is 0. The summed E-state index contributed by atoms with van der Waals surface area (Å²) in [4.78, 5) is 23.6. The monoisotopic (exact) mass is 243 g/mol. The highest BCUT2D eigenvalue weighted by molar-refractivity contribution is 5.89. The zero-order valence-corrected chi connectivity index (χ0v) is 11.6. The van der Waals surface area contributed by atoms with Gasteiger partial charge in [-0.3, -0.25) is 9.59 Å². The standard InChI is InChI=1S/C12H25N3O2/c1-7(2)9(13-5)12(17)15-10(8(3)4)11(16)14-6/h7-10,13H,1-6H3,(H,14,16)(H,15,17)/t9-,10?/m0/s1. The number of rotatable bonds is 6. The second-order valence-electron chi connectivity index (χ2n) is 4.85. The molecule has 0 fully saturated rings. The molecule has 3 N–H and O–H groups in total. The molecule has 0 aliphatic heterocycles. The minimum absolute atomic E-state index is 0.0589. The molecule has 5 nitrogen and oxygen atoms in total. The number of nitrogens with one attached hydrogen (secondary N) is 3. The van der Waals surface area contributed by atoms with Gasteiger partial charge in [-0.2, -0.15) is 0 Å². The van der Waals surface area contributed by atoms with E-state index in [1.54, 1.807) is 14.1 Å². The lowest BCUT2D eigenvalue weighted by atomic mass is 10.00. The molecule has 2 atom stereocenters. The number of hydrogen-bond acceptors (Lipinski definition) is 3. The number of amides is 2. The van der Waals surface area contributed by atoms with Crippen molar-refractivity contribution in [3.63, 3.8) is 0 Å². The highest BCUT2D eigenvalue weighted by Crippen LogP contribution is 2.05. The highest BCUT2D eigenvalue weighted by Gasteiger charge is 2.27. The molecule has 1 unspecified atom stereocenters. The van der Waals surface area contributed by atoms with Gasteiger partial charge in [0.2, 0.25) is 11.8 Å². The first-order chi connectivity index (χ1) is 7.84. The fourth-order valence-electron chi connectivity index (χ4n) is 1.70. The lowest BCUT2D eigenvalue weighted by Gasteiger charge is -2.25. The Kier molecular flexibility index (Phi) is 6.80. The predicted molar refractivity (Wildman–Crippen MR) is 68.5 cm³/mol. The molecule has 0 aliphatic carbocycles. The Morgan fingerprint density at radius 2 is 1.29 bits per heavy atom. The lowest BCUT2D eigenvalue weighted by molar-refractivity contribution is -0.131. The van der Waals surface area contributed by atoms with Gasteiger partial charge in [-0.15, -0.1) is 0 Å². The molecule has 100 valence electrons. The SMILES string of the molecule is CNC(=O)C(NC(=O)[C@@H](NC)C(C)C)C(C)C. The minimum Gasteiger partial charge on any atom is -0.357 e. The smallest absolute Gasteiger partial charge is 0.242 e. The van der Waals surface area contributed by atoms with Crippen molar-refractivity contribution in [3.8, 4) is 0 Å². The first-order valence-electron chi connectivity index (χ1n) is 6.04. The average Bonchev–Trinajstić information content (AvgIpc) is 2.24. The third kappa shape index (κ3) is 4.73. The van der Waals surface area contributed by atoms with Gasteiger partial charge < -0.3 is 16.0 Å². The summed E-state index contributed by atoms with van der Waals surface area (Å²) < 4.78 is 0. The molecule has 0 bridgehead atoms. The molecule has 0 radical (unpaired) electrons. The van der Waals surface area contributed by atoms with Crippen LogP contribution in [0.3, 0.4) is 0 Å². The van der Waals surface area contributed by atoms with Crippen molar-refractivity contribution in [1.82, 2.24) is 16.0 Å². The first-order valence-corrected chi connectivity index (χ1v) is 6.04. The van der Waals surface area contributed by atoms with E-state index in [0.717, 1.165) is 0 Å². The Morgan fingerprint density at radius 3 is 1.59 bits per heavy atom. The molecule has 0 spiro atoms. The van der Waals surface area contributed by atoms with E-state index in [-0.39, 0.29) is 29.7 Å². The number of hydrogen-bond donors (Lipinski definition) is 3. The second-order valence-corrected chi connectivity index (χ2v) is 4.85. The third-order valence-electron chi connectivity index (χ3n) is 2.75. The zero-order chi connectivity index (χ0) is 13.6. The molecule has 5 heteroatoms. The molecule has 0 rings (SSSR count). The largest absolute Gasteiger partial charge is 0.357 e. The molecule has 2 amide bonds. The van der Waals surface area contributed by atoms with Crippen molar-refractivity contribution < 1.29 is 9.59 Å². The fourth-order valence-corrected chi connectivity index (χ4v) is 1.70. The van der Waals surface area contributed by atoms with Crippen LogP contribution in [0.4, 0.5) is 0 Å². The maximum Gasteiger partial charge on any atom is 0.242 e. The summed E-state index contributed by atoms with van der Waals surface area (Å²) in [7, 11) is 3.32.